The van der Waals surface area contributed by atoms with Crippen LogP contribution in [0.15, 0.2) is 42.5 Å². The molecule has 4 aliphatic carbocycles. The average Bonchev–Trinajstić information content (AvgIpc) is 3.27. The van der Waals surface area contributed by atoms with Crippen molar-refractivity contribution in [3.63, 3.8) is 0 Å². The Morgan fingerprint density at radius 1 is 1.17 bits per heavy atom. The lowest BCUT2D eigenvalue weighted by atomic mass is 9.35. The lowest BCUT2D eigenvalue weighted by Gasteiger charge is -2.67. The SMILES string of the molecule is C=C1[C@@H]2CC(C)[C@@H]3[C@]4(C)CC[C@]5(C)[C@@H](CC(=O)OCc6ccccc6)OC(=O)[C@@]5(C=N)[C@@H]4CC[C@]3(C2)[C@H]1OC(C)=O. The van der Waals surface area contributed by atoms with Crippen molar-refractivity contribution >= 4 is 24.1 Å². The van der Waals surface area contributed by atoms with Crippen molar-refractivity contribution in [2.75, 3.05) is 0 Å². The van der Waals surface area contributed by atoms with Gasteiger partial charge in [0.05, 0.1) is 6.42 Å². The van der Waals surface area contributed by atoms with E-state index in [1.54, 1.807) is 0 Å². The molecule has 0 aromatic heterocycles. The summed E-state index contributed by atoms with van der Waals surface area (Å²) >= 11 is 0. The van der Waals surface area contributed by atoms with E-state index in [9.17, 15) is 14.4 Å². The van der Waals surface area contributed by atoms with E-state index in [1.165, 1.54) is 13.1 Å². The third-order valence-electron chi connectivity index (χ3n) is 12.3. The maximum atomic E-state index is 14.0. The largest absolute Gasteiger partial charge is 0.461 e. The average molecular weight is 562 g/mol. The highest BCUT2D eigenvalue weighted by Crippen LogP contribution is 2.77. The van der Waals surface area contributed by atoms with Crippen molar-refractivity contribution in [1.29, 1.82) is 5.41 Å². The fourth-order valence-corrected chi connectivity index (χ4v) is 10.9. The van der Waals surface area contributed by atoms with E-state index in [1.807, 2.05) is 37.3 Å². The van der Waals surface area contributed by atoms with Crippen LogP contribution in [-0.4, -0.2) is 36.3 Å². The van der Waals surface area contributed by atoms with Crippen LogP contribution in [0.3, 0.4) is 0 Å². The molecule has 7 nitrogen and oxygen atoms in total. The van der Waals surface area contributed by atoms with E-state index >= 15 is 0 Å². The molecule has 0 radical (unpaired) electrons. The van der Waals surface area contributed by atoms with Crippen molar-refractivity contribution in [2.24, 2.45) is 45.3 Å². The van der Waals surface area contributed by atoms with Gasteiger partial charge in [-0.1, -0.05) is 57.7 Å². The summed E-state index contributed by atoms with van der Waals surface area (Å²) in [5.74, 6) is -0.221. The Morgan fingerprint density at radius 2 is 1.90 bits per heavy atom. The quantitative estimate of drug-likeness (QED) is 0.196. The van der Waals surface area contributed by atoms with E-state index in [2.05, 4.69) is 20.4 Å². The highest BCUT2D eigenvalue weighted by Gasteiger charge is 2.77. The summed E-state index contributed by atoms with van der Waals surface area (Å²) < 4.78 is 17.7. The molecule has 1 aromatic carbocycles. The van der Waals surface area contributed by atoms with Gasteiger partial charge in [-0.3, -0.25) is 14.4 Å². The molecule has 0 amide bonds. The molecular formula is C34H43NO6. The maximum absolute atomic E-state index is 14.0. The van der Waals surface area contributed by atoms with Crippen LogP contribution in [0.1, 0.15) is 78.2 Å². The zero-order chi connectivity index (χ0) is 29.4. The number of carbonyl (C=O) groups is 3. The normalized spacial score (nSPS) is 44.2. The molecule has 7 heteroatoms. The van der Waals surface area contributed by atoms with Gasteiger partial charge >= 0.3 is 17.9 Å². The van der Waals surface area contributed by atoms with Crippen LogP contribution in [-0.2, 0) is 35.2 Å². The Labute approximate surface area is 242 Å². The standard InChI is InChI=1S/C34H43NO6/c1-20-15-24-17-33(29(21(24)2)40-22(3)36)12-11-25-31(4,28(20)33)13-14-32(5)26(41-30(38)34(25,32)19-35)16-27(37)39-18-23-9-7-6-8-10-23/h6-10,19-20,24-26,28-29,35H,2,11-18H2,1,3-5H3/t20?,24-,25-,26-,28-,29+,31-,32-,33-,34-/m1/s1. The van der Waals surface area contributed by atoms with Crippen molar-refractivity contribution in [3.05, 3.63) is 48.0 Å². The van der Waals surface area contributed by atoms with Gasteiger partial charge in [-0.25, -0.2) is 0 Å². The Morgan fingerprint density at radius 3 is 2.59 bits per heavy atom. The maximum Gasteiger partial charge on any atom is 0.318 e. The van der Waals surface area contributed by atoms with E-state index in [0.29, 0.717) is 18.3 Å². The predicted molar refractivity (Wildman–Crippen MR) is 153 cm³/mol. The molecule has 1 aromatic rings. The summed E-state index contributed by atoms with van der Waals surface area (Å²) in [6.45, 7) is 12.7. The monoisotopic (exact) mass is 561 g/mol. The molecule has 220 valence electrons. The molecule has 10 atom stereocenters. The second kappa shape index (κ2) is 9.53. The molecule has 2 bridgehead atoms. The van der Waals surface area contributed by atoms with Gasteiger partial charge in [-0.2, -0.15) is 0 Å². The summed E-state index contributed by atoms with van der Waals surface area (Å²) in [5, 5.41) is 8.77. The second-order valence-electron chi connectivity index (χ2n) is 14.2. The molecule has 5 fully saturated rings. The van der Waals surface area contributed by atoms with E-state index in [0.717, 1.165) is 43.2 Å². The lowest BCUT2D eigenvalue weighted by molar-refractivity contribution is -0.206. The number of cyclic esters (lactones) is 1. The van der Waals surface area contributed by atoms with Gasteiger partial charge in [-0.05, 0) is 78.7 Å². The number of ether oxygens (including phenoxy) is 3. The topological polar surface area (TPSA) is 103 Å². The van der Waals surface area contributed by atoms with Crippen LogP contribution < -0.4 is 0 Å². The van der Waals surface area contributed by atoms with Crippen LogP contribution >= 0.6 is 0 Å². The fourth-order valence-electron chi connectivity index (χ4n) is 10.9. The van der Waals surface area contributed by atoms with Gasteiger partial charge in [0.15, 0.2) is 0 Å². The molecular weight excluding hydrogens is 518 g/mol. The summed E-state index contributed by atoms with van der Waals surface area (Å²) in [5.41, 5.74) is -0.315. The molecule has 1 aliphatic heterocycles. The summed E-state index contributed by atoms with van der Waals surface area (Å²) in [7, 11) is 0. The van der Waals surface area contributed by atoms with Crippen LogP contribution in [0.25, 0.3) is 0 Å². The minimum Gasteiger partial charge on any atom is -0.461 e. The van der Waals surface area contributed by atoms with Crippen LogP contribution in [0.5, 0.6) is 0 Å². The first-order valence-electron chi connectivity index (χ1n) is 15.2. The number of benzene rings is 1. The Hall–Kier alpha value is -2.96. The van der Waals surface area contributed by atoms with Gasteiger partial charge in [0, 0.05) is 24.0 Å². The summed E-state index contributed by atoms with van der Waals surface area (Å²) in [4.78, 5) is 39.2. The first-order chi connectivity index (χ1) is 19.4. The van der Waals surface area contributed by atoms with Crippen LogP contribution in [0.2, 0.25) is 0 Å². The number of hydrogen-bond acceptors (Lipinski definition) is 7. The Kier molecular flexibility index (Phi) is 6.55. The number of rotatable bonds is 6. The molecule has 1 spiro atoms. The zero-order valence-corrected chi connectivity index (χ0v) is 24.7. The molecule has 5 aliphatic rings. The third-order valence-corrected chi connectivity index (χ3v) is 12.3. The van der Waals surface area contributed by atoms with Crippen molar-refractivity contribution in [1.82, 2.24) is 0 Å². The molecule has 1 N–H and O–H groups in total. The van der Waals surface area contributed by atoms with E-state index in [-0.39, 0.29) is 53.7 Å². The highest BCUT2D eigenvalue weighted by atomic mass is 16.6. The van der Waals surface area contributed by atoms with Gasteiger partial charge in [0.1, 0.15) is 24.2 Å². The number of esters is 3. The zero-order valence-electron chi connectivity index (χ0n) is 24.7. The third kappa shape index (κ3) is 3.76. The molecule has 1 heterocycles. The smallest absolute Gasteiger partial charge is 0.318 e. The van der Waals surface area contributed by atoms with Crippen molar-refractivity contribution < 1.29 is 28.6 Å². The molecule has 1 unspecified atom stereocenters. The van der Waals surface area contributed by atoms with Crippen LogP contribution in [0, 0.1) is 50.7 Å². The van der Waals surface area contributed by atoms with Crippen LogP contribution in [0.4, 0.5) is 0 Å². The number of hydrogen-bond donors (Lipinski definition) is 1. The molecule has 6 rings (SSSR count). The molecule has 41 heavy (non-hydrogen) atoms. The number of carbonyl (C=O) groups excluding carboxylic acids is 3. The second-order valence-corrected chi connectivity index (χ2v) is 14.2. The van der Waals surface area contributed by atoms with E-state index < -0.39 is 22.9 Å². The Balaban J connectivity index is 1.31. The molecule has 1 saturated heterocycles. The highest BCUT2D eigenvalue weighted by molar-refractivity contribution is 5.98. The fraction of sp³-hybridized carbons (Fsp3) is 0.647. The first kappa shape index (κ1) is 28.2. The summed E-state index contributed by atoms with van der Waals surface area (Å²) in [6, 6.07) is 9.52. The predicted octanol–water partition coefficient (Wildman–Crippen LogP) is 6.05. The van der Waals surface area contributed by atoms with Gasteiger partial charge < -0.3 is 19.6 Å². The minimum absolute atomic E-state index is 0.0199. The first-order valence-corrected chi connectivity index (χ1v) is 15.2. The van der Waals surface area contributed by atoms with Crippen molar-refractivity contribution in [3.8, 4) is 0 Å². The number of nitrogens with one attached hydrogen (secondary N) is 1. The lowest BCUT2D eigenvalue weighted by Crippen LogP contribution is -2.66. The molecule has 4 saturated carbocycles. The number of fused-ring (bicyclic) bond motifs is 5. The van der Waals surface area contributed by atoms with Gasteiger partial charge in [0.25, 0.3) is 0 Å². The van der Waals surface area contributed by atoms with E-state index in [4.69, 9.17) is 19.6 Å². The summed E-state index contributed by atoms with van der Waals surface area (Å²) in [6.07, 6.45) is 5.44. The van der Waals surface area contributed by atoms with Gasteiger partial charge in [0.2, 0.25) is 0 Å². The van der Waals surface area contributed by atoms with Crippen molar-refractivity contribution in [2.45, 2.75) is 91.5 Å². The minimum atomic E-state index is -1.12. The van der Waals surface area contributed by atoms with Gasteiger partial charge in [-0.15, -0.1) is 0 Å². The Bertz CT molecular complexity index is 1290.